The van der Waals surface area contributed by atoms with Crippen molar-refractivity contribution in [2.75, 3.05) is 39.4 Å². The van der Waals surface area contributed by atoms with Gasteiger partial charge < -0.3 is 19.5 Å². The van der Waals surface area contributed by atoms with Crippen molar-refractivity contribution in [1.82, 2.24) is 25.4 Å². The number of para-hydroxylation sites is 1. The summed E-state index contributed by atoms with van der Waals surface area (Å²) in [4.78, 5) is 17.8. The highest BCUT2D eigenvalue weighted by Crippen LogP contribution is 2.19. The molecule has 1 fully saturated rings. The van der Waals surface area contributed by atoms with Crippen LogP contribution in [-0.2, 0) is 28.8 Å². The number of aromatic amines is 1. The Bertz CT molecular complexity index is 977. The van der Waals surface area contributed by atoms with E-state index in [1.807, 2.05) is 18.3 Å². The minimum atomic E-state index is 0.0386. The molecule has 3 heterocycles. The predicted molar refractivity (Wildman–Crippen MR) is 122 cm³/mol. The zero-order valence-electron chi connectivity index (χ0n) is 18.6. The molecule has 0 bridgehead atoms. The minimum Gasteiger partial charge on any atom is -0.425 e. The van der Waals surface area contributed by atoms with Crippen LogP contribution in [0.3, 0.4) is 0 Å². The van der Waals surface area contributed by atoms with E-state index in [1.54, 1.807) is 0 Å². The largest absolute Gasteiger partial charge is 0.425 e. The Morgan fingerprint density at radius 2 is 1.84 bits per heavy atom. The molecule has 0 atom stereocenters. The van der Waals surface area contributed by atoms with E-state index in [9.17, 15) is 4.79 Å². The maximum atomic E-state index is 12.1. The summed E-state index contributed by atoms with van der Waals surface area (Å²) in [5, 5.41) is 12.5. The fourth-order valence-electron chi connectivity index (χ4n) is 4.07. The first-order valence-electron chi connectivity index (χ1n) is 11.7. The summed E-state index contributed by atoms with van der Waals surface area (Å²) < 4.78 is 11.1. The molecular weight excluding hydrogens is 406 g/mol. The lowest BCUT2D eigenvalue weighted by Gasteiger charge is -2.26. The lowest BCUT2D eigenvalue weighted by atomic mass is 10.1. The molecule has 0 saturated carbocycles. The highest BCUT2D eigenvalue weighted by molar-refractivity contribution is 5.83. The quantitative estimate of drug-likeness (QED) is 0.421. The fourth-order valence-corrected chi connectivity index (χ4v) is 4.07. The number of benzene rings is 1. The number of fused-ring (bicyclic) bond motifs is 1. The van der Waals surface area contributed by atoms with Gasteiger partial charge in [0.2, 0.25) is 17.7 Å². The summed E-state index contributed by atoms with van der Waals surface area (Å²) in [6.45, 7) is 5.62. The second-order valence-electron chi connectivity index (χ2n) is 8.31. The standard InChI is InChI=1S/C24H33N5O3/c30-22(25-12-4-1-5-13-29-14-16-31-17-15-29)9-11-24-28-27-23(32-24)10-8-19-18-26-21-7-3-2-6-20(19)21/h2-3,6-7,18,26H,1,4-5,8-17H2,(H,25,30). The van der Waals surface area contributed by atoms with Gasteiger partial charge in [-0.3, -0.25) is 9.69 Å². The average Bonchev–Trinajstić information content (AvgIpc) is 3.46. The molecule has 2 aromatic heterocycles. The molecule has 0 radical (unpaired) electrons. The minimum absolute atomic E-state index is 0.0386. The van der Waals surface area contributed by atoms with E-state index in [-0.39, 0.29) is 5.91 Å². The van der Waals surface area contributed by atoms with Gasteiger partial charge in [-0.1, -0.05) is 24.6 Å². The molecule has 2 N–H and O–H groups in total. The second kappa shape index (κ2) is 11.8. The van der Waals surface area contributed by atoms with E-state index in [0.29, 0.717) is 31.0 Å². The van der Waals surface area contributed by atoms with Gasteiger partial charge >= 0.3 is 0 Å². The molecule has 172 valence electrons. The zero-order valence-corrected chi connectivity index (χ0v) is 18.6. The van der Waals surface area contributed by atoms with Gasteiger partial charge in [0.1, 0.15) is 0 Å². The number of ether oxygens (including phenoxy) is 1. The Hall–Kier alpha value is -2.71. The van der Waals surface area contributed by atoms with Crippen molar-refractivity contribution >= 4 is 16.8 Å². The van der Waals surface area contributed by atoms with Crippen molar-refractivity contribution < 1.29 is 13.9 Å². The number of rotatable bonds is 12. The van der Waals surface area contributed by atoms with E-state index in [0.717, 1.165) is 64.2 Å². The Balaban J connectivity index is 1.08. The first-order chi connectivity index (χ1) is 15.8. The lowest BCUT2D eigenvalue weighted by Crippen LogP contribution is -2.36. The van der Waals surface area contributed by atoms with Crippen LogP contribution in [-0.4, -0.2) is 65.4 Å². The number of hydrogen-bond donors (Lipinski definition) is 2. The van der Waals surface area contributed by atoms with Gasteiger partial charge in [0.05, 0.1) is 13.2 Å². The summed E-state index contributed by atoms with van der Waals surface area (Å²) in [7, 11) is 0. The second-order valence-corrected chi connectivity index (χ2v) is 8.31. The van der Waals surface area contributed by atoms with Crippen LogP contribution < -0.4 is 5.32 Å². The van der Waals surface area contributed by atoms with Crippen LogP contribution in [0.2, 0.25) is 0 Å². The van der Waals surface area contributed by atoms with Crippen LogP contribution in [0.5, 0.6) is 0 Å². The maximum Gasteiger partial charge on any atom is 0.220 e. The molecule has 4 rings (SSSR count). The number of carbonyl (C=O) groups excluding carboxylic acids is 1. The number of unbranched alkanes of at least 4 members (excludes halogenated alkanes) is 2. The zero-order chi connectivity index (χ0) is 22.0. The van der Waals surface area contributed by atoms with Crippen molar-refractivity contribution in [2.45, 2.75) is 44.9 Å². The molecule has 0 aliphatic carbocycles. The van der Waals surface area contributed by atoms with Gasteiger partial charge in [-0.15, -0.1) is 10.2 Å². The Kier molecular flexibility index (Phi) is 8.28. The number of aromatic nitrogens is 3. The molecule has 1 aromatic carbocycles. The molecule has 0 spiro atoms. The van der Waals surface area contributed by atoms with E-state index in [4.69, 9.17) is 9.15 Å². The molecule has 3 aromatic rings. The van der Waals surface area contributed by atoms with E-state index < -0.39 is 0 Å². The smallest absolute Gasteiger partial charge is 0.220 e. The first-order valence-corrected chi connectivity index (χ1v) is 11.7. The highest BCUT2D eigenvalue weighted by atomic mass is 16.5. The average molecular weight is 440 g/mol. The monoisotopic (exact) mass is 439 g/mol. The van der Waals surface area contributed by atoms with Crippen molar-refractivity contribution in [1.29, 1.82) is 0 Å². The number of nitrogens with one attached hydrogen (secondary N) is 2. The first kappa shape index (κ1) is 22.5. The fraction of sp³-hybridized carbons (Fsp3) is 0.542. The predicted octanol–water partition coefficient (Wildman–Crippen LogP) is 2.89. The normalized spacial score (nSPS) is 14.8. The molecule has 1 aliphatic heterocycles. The van der Waals surface area contributed by atoms with Crippen LogP contribution in [0.15, 0.2) is 34.9 Å². The number of amides is 1. The van der Waals surface area contributed by atoms with Crippen molar-refractivity contribution in [3.8, 4) is 0 Å². The van der Waals surface area contributed by atoms with E-state index in [1.165, 1.54) is 17.4 Å². The summed E-state index contributed by atoms with van der Waals surface area (Å²) in [5.41, 5.74) is 2.38. The summed E-state index contributed by atoms with van der Waals surface area (Å²) in [5.74, 6) is 1.18. The lowest BCUT2D eigenvalue weighted by molar-refractivity contribution is -0.121. The third kappa shape index (κ3) is 6.64. The van der Waals surface area contributed by atoms with Crippen molar-refractivity contribution in [2.24, 2.45) is 0 Å². The molecule has 1 amide bonds. The number of nitrogens with zero attached hydrogens (tertiary/aromatic N) is 3. The summed E-state index contributed by atoms with van der Waals surface area (Å²) in [6, 6.07) is 8.25. The molecule has 8 heteroatoms. The van der Waals surface area contributed by atoms with Crippen molar-refractivity contribution in [3.63, 3.8) is 0 Å². The Morgan fingerprint density at radius 3 is 2.72 bits per heavy atom. The molecular formula is C24H33N5O3. The van der Waals surface area contributed by atoms with Crippen LogP contribution in [0, 0.1) is 0 Å². The third-order valence-corrected chi connectivity index (χ3v) is 5.93. The van der Waals surface area contributed by atoms with Crippen LogP contribution in [0.25, 0.3) is 10.9 Å². The summed E-state index contributed by atoms with van der Waals surface area (Å²) in [6.07, 6.45) is 7.70. The Labute approximate surface area is 188 Å². The number of H-pyrrole nitrogens is 1. The molecule has 0 unspecified atom stereocenters. The molecule has 8 nitrogen and oxygen atoms in total. The number of morpholine rings is 1. The third-order valence-electron chi connectivity index (χ3n) is 5.93. The molecule has 1 saturated heterocycles. The molecule has 1 aliphatic rings. The van der Waals surface area contributed by atoms with Gasteiger partial charge in [-0.2, -0.15) is 0 Å². The van der Waals surface area contributed by atoms with Crippen LogP contribution >= 0.6 is 0 Å². The van der Waals surface area contributed by atoms with E-state index >= 15 is 0 Å². The van der Waals surface area contributed by atoms with Gasteiger partial charge in [0, 0.05) is 56.0 Å². The maximum absolute atomic E-state index is 12.1. The number of carbonyl (C=O) groups is 1. The summed E-state index contributed by atoms with van der Waals surface area (Å²) >= 11 is 0. The van der Waals surface area contributed by atoms with Crippen LogP contribution in [0.4, 0.5) is 0 Å². The Morgan fingerprint density at radius 1 is 1.03 bits per heavy atom. The highest BCUT2D eigenvalue weighted by Gasteiger charge is 2.11. The van der Waals surface area contributed by atoms with Crippen molar-refractivity contribution in [3.05, 3.63) is 47.8 Å². The van der Waals surface area contributed by atoms with E-state index in [2.05, 4.69) is 37.5 Å². The van der Waals surface area contributed by atoms with Gasteiger partial charge in [0.25, 0.3) is 0 Å². The van der Waals surface area contributed by atoms with Gasteiger partial charge in [0.15, 0.2) is 0 Å². The van der Waals surface area contributed by atoms with Gasteiger partial charge in [-0.05, 0) is 37.4 Å². The van der Waals surface area contributed by atoms with Gasteiger partial charge in [-0.25, -0.2) is 0 Å². The van der Waals surface area contributed by atoms with Crippen LogP contribution in [0.1, 0.15) is 43.0 Å². The molecule has 32 heavy (non-hydrogen) atoms. The SMILES string of the molecule is O=C(CCc1nnc(CCc2c[nH]c3ccccc23)o1)NCCCCCN1CCOCC1. The number of aryl methyl sites for hydroxylation is 3. The topological polar surface area (TPSA) is 96.3 Å². The number of hydrogen-bond acceptors (Lipinski definition) is 6.